The first-order valence-corrected chi connectivity index (χ1v) is 8.33. The molecule has 0 fully saturated rings. The van der Waals surface area contributed by atoms with Gasteiger partial charge >= 0.3 is 5.97 Å². The van der Waals surface area contributed by atoms with Crippen LogP contribution in [0.2, 0.25) is 0 Å². The van der Waals surface area contributed by atoms with Crippen LogP contribution in [0.1, 0.15) is 10.8 Å². The Morgan fingerprint density at radius 3 is 2.24 bits per heavy atom. The van der Waals surface area contributed by atoms with Crippen molar-refractivity contribution in [2.45, 2.75) is 10.1 Å². The molecule has 0 aliphatic heterocycles. The van der Waals surface area contributed by atoms with E-state index in [4.69, 9.17) is 11.5 Å². The maximum absolute atomic E-state index is 11.6. The number of carbonyl (C=O) groups is 1. The summed E-state index contributed by atoms with van der Waals surface area (Å²) in [7, 11) is -3.43. The molecule has 0 aliphatic rings. The molecule has 1 aromatic rings. The molecule has 2 atom stereocenters. The van der Waals surface area contributed by atoms with Gasteiger partial charge in [0.2, 0.25) is 5.96 Å². The smallest absolute Gasteiger partial charge is 0.353 e. The van der Waals surface area contributed by atoms with E-state index in [1.54, 1.807) is 0 Å². The Hall–Kier alpha value is -1.98. The van der Waals surface area contributed by atoms with E-state index >= 15 is 0 Å². The van der Waals surface area contributed by atoms with Crippen molar-refractivity contribution in [2.75, 3.05) is 6.26 Å². The fraction of sp³-hybridized carbons (Fsp3) is 0.200. The molecule has 0 bridgehead atoms. The quantitative estimate of drug-likeness (QED) is 0.221. The van der Waals surface area contributed by atoms with Gasteiger partial charge in [-0.3, -0.25) is 4.21 Å². The van der Waals surface area contributed by atoms with E-state index in [0.717, 1.165) is 6.26 Å². The molecule has 116 valence electrons. The van der Waals surface area contributed by atoms with E-state index in [-0.39, 0.29) is 10.5 Å². The van der Waals surface area contributed by atoms with Crippen LogP contribution in [0.15, 0.2) is 34.3 Å². The predicted octanol–water partition coefficient (Wildman–Crippen LogP) is -1.26. The Morgan fingerprint density at radius 2 is 1.86 bits per heavy atom. The maximum atomic E-state index is 11.6. The Morgan fingerprint density at radius 1 is 1.33 bits per heavy atom. The summed E-state index contributed by atoms with van der Waals surface area (Å²) in [5, 5.41) is 1.28. The minimum Gasteiger partial charge on any atom is -0.771 e. The van der Waals surface area contributed by atoms with E-state index in [1.165, 1.54) is 24.3 Å². The SMILES string of the molecule is CS(=O)(=O)c1ccc(C(C(=O)ON=C(N)N)S(=O)[O-])cc1. The highest BCUT2D eigenvalue weighted by Crippen LogP contribution is 2.22. The Kier molecular flexibility index (Phi) is 5.41. The number of nitrogens with two attached hydrogens (primary N) is 2. The van der Waals surface area contributed by atoms with E-state index in [2.05, 4.69) is 9.99 Å². The first kappa shape index (κ1) is 17.1. The van der Waals surface area contributed by atoms with Crippen molar-refractivity contribution in [3.8, 4) is 0 Å². The fourth-order valence-electron chi connectivity index (χ4n) is 1.36. The lowest BCUT2D eigenvalue weighted by Crippen LogP contribution is -2.25. The highest BCUT2D eigenvalue weighted by Gasteiger charge is 2.24. The summed E-state index contributed by atoms with van der Waals surface area (Å²) in [6, 6.07) is 4.73. The number of nitrogens with zero attached hydrogens (tertiary/aromatic N) is 1. The molecule has 21 heavy (non-hydrogen) atoms. The Bertz CT molecular complexity index is 679. The highest BCUT2D eigenvalue weighted by atomic mass is 32.2. The van der Waals surface area contributed by atoms with Crippen LogP contribution in [0.5, 0.6) is 0 Å². The summed E-state index contributed by atoms with van der Waals surface area (Å²) < 4.78 is 44.9. The third-order valence-corrected chi connectivity index (χ3v) is 4.24. The lowest BCUT2D eigenvalue weighted by Gasteiger charge is -2.17. The minimum absolute atomic E-state index is 0.0146. The van der Waals surface area contributed by atoms with Crippen LogP contribution in [0.3, 0.4) is 0 Å². The number of rotatable bonds is 5. The third kappa shape index (κ3) is 4.81. The molecule has 9 nitrogen and oxygen atoms in total. The molecule has 0 spiro atoms. The standard InChI is InChI=1S/C10H13N3O6S2/c1-21(17,18)7-4-2-6(3-5-7)8(20(15)16)9(14)19-13-10(11)12/h2-5,8H,1H3,(H,15,16)(H4,11,12,13)/p-1. The second-order valence-corrected chi connectivity index (χ2v) is 6.92. The van der Waals surface area contributed by atoms with Gasteiger partial charge in [-0.2, -0.15) is 0 Å². The zero-order valence-corrected chi connectivity index (χ0v) is 12.4. The lowest BCUT2D eigenvalue weighted by atomic mass is 10.1. The molecule has 0 radical (unpaired) electrons. The van der Waals surface area contributed by atoms with Crippen molar-refractivity contribution in [3.63, 3.8) is 0 Å². The molecule has 0 aromatic heterocycles. The molecule has 1 rings (SSSR count). The van der Waals surface area contributed by atoms with Gasteiger partial charge in [-0.25, -0.2) is 13.2 Å². The molecule has 1 aromatic carbocycles. The summed E-state index contributed by atoms with van der Waals surface area (Å²) in [6.45, 7) is 0. The number of carbonyl (C=O) groups excluding carboxylic acids is 1. The van der Waals surface area contributed by atoms with Crippen molar-refractivity contribution in [1.82, 2.24) is 0 Å². The molecule has 0 saturated heterocycles. The first-order valence-electron chi connectivity index (χ1n) is 5.31. The van der Waals surface area contributed by atoms with Gasteiger partial charge in [0.25, 0.3) is 0 Å². The van der Waals surface area contributed by atoms with Crippen LogP contribution < -0.4 is 11.5 Å². The average Bonchev–Trinajstić information content (AvgIpc) is 2.35. The highest BCUT2D eigenvalue weighted by molar-refractivity contribution is 7.90. The monoisotopic (exact) mass is 334 g/mol. The molecular formula is C10H12N3O6S2-. The van der Waals surface area contributed by atoms with Gasteiger partial charge in [0.05, 0.1) is 4.90 Å². The van der Waals surface area contributed by atoms with Gasteiger partial charge in [-0.1, -0.05) is 12.1 Å². The zero-order chi connectivity index (χ0) is 16.2. The van der Waals surface area contributed by atoms with E-state index < -0.39 is 38.1 Å². The summed E-state index contributed by atoms with van der Waals surface area (Å²) in [5.41, 5.74) is 9.93. The molecule has 0 heterocycles. The summed E-state index contributed by atoms with van der Waals surface area (Å²) in [5.74, 6) is -1.77. The number of guanidine groups is 1. The van der Waals surface area contributed by atoms with E-state index in [0.29, 0.717) is 0 Å². The van der Waals surface area contributed by atoms with Gasteiger partial charge in [-0.15, -0.1) is 0 Å². The van der Waals surface area contributed by atoms with Crippen LogP contribution in [-0.2, 0) is 30.5 Å². The van der Waals surface area contributed by atoms with Crippen LogP contribution in [-0.4, -0.2) is 35.4 Å². The lowest BCUT2D eigenvalue weighted by molar-refractivity contribution is -0.143. The molecule has 0 amide bonds. The van der Waals surface area contributed by atoms with Gasteiger partial charge in [0.15, 0.2) is 9.84 Å². The topological polar surface area (TPSA) is 165 Å². The Labute approximate surface area is 123 Å². The van der Waals surface area contributed by atoms with Crippen molar-refractivity contribution in [3.05, 3.63) is 29.8 Å². The van der Waals surface area contributed by atoms with Crippen LogP contribution >= 0.6 is 0 Å². The second kappa shape index (κ2) is 6.65. The molecule has 0 aliphatic carbocycles. The minimum atomic E-state index is -3.43. The number of hydrogen-bond donors (Lipinski definition) is 2. The van der Waals surface area contributed by atoms with Gasteiger partial charge < -0.3 is 20.9 Å². The molecule has 0 saturated carbocycles. The largest absolute Gasteiger partial charge is 0.771 e. The van der Waals surface area contributed by atoms with Crippen molar-refractivity contribution in [2.24, 2.45) is 16.6 Å². The molecule has 4 N–H and O–H groups in total. The number of hydrogen-bond acceptors (Lipinski definition) is 7. The zero-order valence-electron chi connectivity index (χ0n) is 10.8. The van der Waals surface area contributed by atoms with Gasteiger partial charge in [0.1, 0.15) is 5.25 Å². The van der Waals surface area contributed by atoms with Crippen LogP contribution in [0.4, 0.5) is 0 Å². The summed E-state index contributed by atoms with van der Waals surface area (Å²) >= 11 is -2.85. The van der Waals surface area contributed by atoms with Crippen LogP contribution in [0.25, 0.3) is 0 Å². The fourth-order valence-corrected chi connectivity index (χ4v) is 2.57. The second-order valence-electron chi connectivity index (χ2n) is 3.91. The maximum Gasteiger partial charge on any atom is 0.353 e. The van der Waals surface area contributed by atoms with Gasteiger partial charge in [-0.05, 0) is 33.9 Å². The first-order chi connectivity index (χ1) is 9.62. The van der Waals surface area contributed by atoms with Gasteiger partial charge in [0, 0.05) is 6.26 Å². The van der Waals surface area contributed by atoms with Crippen LogP contribution in [0, 0.1) is 0 Å². The molecule has 2 unspecified atom stereocenters. The third-order valence-electron chi connectivity index (χ3n) is 2.26. The van der Waals surface area contributed by atoms with Crippen molar-refractivity contribution >= 4 is 32.8 Å². The number of sulfone groups is 1. The number of oxime groups is 1. The summed E-state index contributed by atoms with van der Waals surface area (Å²) in [4.78, 5) is 15.9. The normalized spacial score (nSPS) is 14.0. The average molecular weight is 334 g/mol. The van der Waals surface area contributed by atoms with Crippen molar-refractivity contribution < 1.29 is 26.8 Å². The van der Waals surface area contributed by atoms with E-state index in [1.807, 2.05) is 0 Å². The molecule has 11 heteroatoms. The summed E-state index contributed by atoms with van der Waals surface area (Å²) in [6.07, 6.45) is 0.998. The van der Waals surface area contributed by atoms with Crippen molar-refractivity contribution in [1.29, 1.82) is 0 Å². The molecular weight excluding hydrogens is 322 g/mol. The number of benzene rings is 1. The Balaban J connectivity index is 3.10. The van der Waals surface area contributed by atoms with E-state index in [9.17, 15) is 22.0 Å². The predicted molar refractivity (Wildman–Crippen MR) is 73.1 cm³/mol.